The van der Waals surface area contributed by atoms with Crippen LogP contribution in [0.4, 0.5) is 17.3 Å². The summed E-state index contributed by atoms with van der Waals surface area (Å²) in [4.78, 5) is 14.9. The first-order valence-corrected chi connectivity index (χ1v) is 7.36. The molecule has 0 fully saturated rings. The number of hydrogen-bond acceptors (Lipinski definition) is 6. The molecule has 0 amide bonds. The zero-order chi connectivity index (χ0) is 15.7. The van der Waals surface area contributed by atoms with E-state index in [9.17, 15) is 10.1 Å². The lowest BCUT2D eigenvalue weighted by Crippen LogP contribution is -2.17. The van der Waals surface area contributed by atoms with E-state index < -0.39 is 4.92 Å². The van der Waals surface area contributed by atoms with E-state index in [0.717, 1.165) is 19.4 Å². The fourth-order valence-corrected chi connectivity index (χ4v) is 1.95. The lowest BCUT2D eigenvalue weighted by Gasteiger charge is -2.15. The van der Waals surface area contributed by atoms with E-state index in [-0.39, 0.29) is 24.0 Å². The van der Waals surface area contributed by atoms with Crippen molar-refractivity contribution in [3.63, 3.8) is 0 Å². The van der Waals surface area contributed by atoms with Crippen LogP contribution in [0.1, 0.15) is 33.1 Å². The zero-order valence-electron chi connectivity index (χ0n) is 12.6. The summed E-state index contributed by atoms with van der Waals surface area (Å²) < 4.78 is 0. The Balaban J connectivity index is 2.82. The van der Waals surface area contributed by atoms with Crippen LogP contribution >= 0.6 is 0 Å². The molecule has 0 aliphatic heterocycles. The largest absolute Gasteiger partial charge is 0.396 e. The Hall–Kier alpha value is -1.89. The highest BCUT2D eigenvalue weighted by Crippen LogP contribution is 2.24. The fraction of sp³-hybridized carbons (Fsp3) is 0.643. The second-order valence-electron chi connectivity index (χ2n) is 4.92. The van der Waals surface area contributed by atoms with Gasteiger partial charge >= 0.3 is 5.69 Å². The van der Waals surface area contributed by atoms with Crippen LogP contribution in [0.2, 0.25) is 0 Å². The van der Waals surface area contributed by atoms with Crippen molar-refractivity contribution in [2.24, 2.45) is 5.92 Å². The van der Waals surface area contributed by atoms with Gasteiger partial charge in [0.2, 0.25) is 5.82 Å². The first-order valence-electron chi connectivity index (χ1n) is 7.36. The lowest BCUT2D eigenvalue weighted by atomic mass is 10.0. The van der Waals surface area contributed by atoms with Gasteiger partial charge in [-0.25, -0.2) is 4.98 Å². The average molecular weight is 296 g/mol. The van der Waals surface area contributed by atoms with Crippen molar-refractivity contribution in [1.82, 2.24) is 4.98 Å². The fourth-order valence-electron chi connectivity index (χ4n) is 1.95. The molecule has 7 heteroatoms. The Labute approximate surface area is 124 Å². The molecule has 1 aromatic rings. The monoisotopic (exact) mass is 296 g/mol. The van der Waals surface area contributed by atoms with E-state index in [4.69, 9.17) is 5.11 Å². The summed E-state index contributed by atoms with van der Waals surface area (Å²) >= 11 is 0. The van der Waals surface area contributed by atoms with Crippen LogP contribution in [0.3, 0.4) is 0 Å². The number of nitro groups is 1. The van der Waals surface area contributed by atoms with Gasteiger partial charge in [0.25, 0.3) is 0 Å². The van der Waals surface area contributed by atoms with Crippen LogP contribution < -0.4 is 10.6 Å². The predicted octanol–water partition coefficient (Wildman–Crippen LogP) is 2.63. The maximum atomic E-state index is 11.1. The highest BCUT2D eigenvalue weighted by Gasteiger charge is 2.17. The first-order chi connectivity index (χ1) is 10.1. The lowest BCUT2D eigenvalue weighted by molar-refractivity contribution is -0.384. The SMILES string of the molecule is CCCNc1ccc([N+](=O)[O-])c(NCC(CC)CCO)n1. The van der Waals surface area contributed by atoms with E-state index in [2.05, 4.69) is 15.6 Å². The smallest absolute Gasteiger partial charge is 0.311 e. The second kappa shape index (κ2) is 9.12. The van der Waals surface area contributed by atoms with Gasteiger partial charge in [-0.2, -0.15) is 0 Å². The summed E-state index contributed by atoms with van der Waals surface area (Å²) in [5.41, 5.74) is -0.0316. The summed E-state index contributed by atoms with van der Waals surface area (Å²) in [6, 6.07) is 3.07. The third kappa shape index (κ3) is 5.55. The highest BCUT2D eigenvalue weighted by atomic mass is 16.6. The van der Waals surface area contributed by atoms with Crippen molar-refractivity contribution < 1.29 is 10.0 Å². The van der Waals surface area contributed by atoms with Gasteiger partial charge < -0.3 is 15.7 Å². The summed E-state index contributed by atoms with van der Waals surface area (Å²) in [5, 5.41) is 26.2. The van der Waals surface area contributed by atoms with Crippen molar-refractivity contribution in [3.05, 3.63) is 22.2 Å². The van der Waals surface area contributed by atoms with Crippen molar-refractivity contribution in [2.75, 3.05) is 30.3 Å². The minimum absolute atomic E-state index is 0.0316. The number of pyridine rings is 1. The molecule has 1 rings (SSSR count). The number of aromatic nitrogens is 1. The molecule has 0 spiro atoms. The van der Waals surface area contributed by atoms with Crippen molar-refractivity contribution >= 4 is 17.3 Å². The van der Waals surface area contributed by atoms with E-state index in [1.165, 1.54) is 6.07 Å². The molecule has 1 unspecified atom stereocenters. The molecule has 0 saturated carbocycles. The topological polar surface area (TPSA) is 100 Å². The maximum Gasteiger partial charge on any atom is 0.311 e. The highest BCUT2D eigenvalue weighted by molar-refractivity contribution is 5.60. The molecule has 21 heavy (non-hydrogen) atoms. The summed E-state index contributed by atoms with van der Waals surface area (Å²) in [5.74, 6) is 1.17. The van der Waals surface area contributed by atoms with Gasteiger partial charge in [0.05, 0.1) is 4.92 Å². The average Bonchev–Trinajstić information content (AvgIpc) is 2.49. The van der Waals surface area contributed by atoms with E-state index in [1.807, 2.05) is 13.8 Å². The molecule has 118 valence electrons. The van der Waals surface area contributed by atoms with E-state index in [1.54, 1.807) is 6.07 Å². The Morgan fingerprint density at radius 1 is 1.38 bits per heavy atom. The summed E-state index contributed by atoms with van der Waals surface area (Å²) in [6.45, 7) is 5.52. The van der Waals surface area contributed by atoms with Gasteiger partial charge in [-0.1, -0.05) is 20.3 Å². The van der Waals surface area contributed by atoms with Gasteiger partial charge in [0, 0.05) is 25.8 Å². The number of hydrogen-bond donors (Lipinski definition) is 3. The Morgan fingerprint density at radius 3 is 2.71 bits per heavy atom. The Bertz CT molecular complexity index is 454. The number of aliphatic hydroxyl groups is 1. The number of nitrogens with one attached hydrogen (secondary N) is 2. The maximum absolute atomic E-state index is 11.1. The third-order valence-corrected chi connectivity index (χ3v) is 3.30. The van der Waals surface area contributed by atoms with Gasteiger partial charge in [-0.05, 0) is 24.8 Å². The quantitative estimate of drug-likeness (QED) is 0.453. The molecule has 0 saturated heterocycles. The van der Waals surface area contributed by atoms with Crippen LogP contribution in [-0.4, -0.2) is 34.7 Å². The van der Waals surface area contributed by atoms with Crippen LogP contribution in [0.15, 0.2) is 12.1 Å². The minimum atomic E-state index is -0.439. The molecule has 1 atom stereocenters. The third-order valence-electron chi connectivity index (χ3n) is 3.30. The Morgan fingerprint density at radius 2 is 2.14 bits per heavy atom. The van der Waals surface area contributed by atoms with Gasteiger partial charge in [0.15, 0.2) is 0 Å². The van der Waals surface area contributed by atoms with Crippen LogP contribution in [0.25, 0.3) is 0 Å². The van der Waals surface area contributed by atoms with Crippen molar-refractivity contribution in [2.45, 2.75) is 33.1 Å². The van der Waals surface area contributed by atoms with Crippen LogP contribution in [0.5, 0.6) is 0 Å². The molecule has 0 radical (unpaired) electrons. The Kier molecular flexibility index (Phi) is 7.45. The summed E-state index contributed by atoms with van der Waals surface area (Å²) in [7, 11) is 0. The van der Waals surface area contributed by atoms with Crippen LogP contribution in [-0.2, 0) is 0 Å². The van der Waals surface area contributed by atoms with Crippen molar-refractivity contribution in [3.8, 4) is 0 Å². The van der Waals surface area contributed by atoms with Gasteiger partial charge in [0.1, 0.15) is 5.82 Å². The van der Waals surface area contributed by atoms with Crippen LogP contribution in [0, 0.1) is 16.0 Å². The normalized spacial score (nSPS) is 12.0. The number of aliphatic hydroxyl groups excluding tert-OH is 1. The molecule has 7 nitrogen and oxygen atoms in total. The number of nitrogens with zero attached hydrogens (tertiary/aromatic N) is 2. The standard InChI is InChI=1S/C14H24N4O3/c1-3-8-15-13-6-5-12(18(20)21)14(17-13)16-10-11(4-2)7-9-19/h5-6,11,19H,3-4,7-10H2,1-2H3,(H2,15,16,17). The second-order valence-corrected chi connectivity index (χ2v) is 4.92. The zero-order valence-corrected chi connectivity index (χ0v) is 12.6. The molecular weight excluding hydrogens is 272 g/mol. The molecule has 0 aliphatic carbocycles. The minimum Gasteiger partial charge on any atom is -0.396 e. The van der Waals surface area contributed by atoms with Gasteiger partial charge in [-0.15, -0.1) is 0 Å². The molecular formula is C14H24N4O3. The number of rotatable bonds is 10. The molecule has 1 aromatic heterocycles. The predicted molar refractivity (Wildman–Crippen MR) is 83.6 cm³/mol. The van der Waals surface area contributed by atoms with E-state index in [0.29, 0.717) is 18.8 Å². The first kappa shape index (κ1) is 17.2. The number of anilines is 2. The molecule has 0 aliphatic rings. The summed E-state index contributed by atoms with van der Waals surface area (Å²) in [6.07, 6.45) is 2.52. The van der Waals surface area contributed by atoms with E-state index >= 15 is 0 Å². The molecule has 0 aromatic carbocycles. The molecule has 0 bridgehead atoms. The van der Waals surface area contributed by atoms with Crippen molar-refractivity contribution in [1.29, 1.82) is 0 Å². The van der Waals surface area contributed by atoms with Gasteiger partial charge in [-0.3, -0.25) is 10.1 Å². The molecule has 3 N–H and O–H groups in total. The molecule has 1 heterocycles.